The molecule has 0 spiro atoms. The highest BCUT2D eigenvalue weighted by Crippen LogP contribution is 2.25. The molecule has 1 aromatic carbocycles. The molecule has 0 saturated carbocycles. The van der Waals surface area contributed by atoms with Crippen molar-refractivity contribution in [3.63, 3.8) is 0 Å². The number of aromatic nitrogens is 2. The second-order valence-corrected chi connectivity index (χ2v) is 4.56. The van der Waals surface area contributed by atoms with Crippen LogP contribution in [-0.4, -0.2) is 9.78 Å². The summed E-state index contributed by atoms with van der Waals surface area (Å²) in [5, 5.41) is 4.03. The Balaban J connectivity index is 2.68. The van der Waals surface area contributed by atoms with Gasteiger partial charge in [0.1, 0.15) is 5.82 Å². The van der Waals surface area contributed by atoms with E-state index in [1.165, 1.54) is 16.8 Å². The van der Waals surface area contributed by atoms with Crippen LogP contribution in [-0.2, 0) is 7.05 Å². The molecule has 94 valence electrons. The molecule has 1 heterocycles. The molecule has 2 rings (SSSR count). The minimum atomic E-state index is -0.290. The van der Waals surface area contributed by atoms with Crippen LogP contribution in [0.25, 0.3) is 11.1 Å². The highest BCUT2D eigenvalue weighted by Gasteiger charge is 2.14. The van der Waals surface area contributed by atoms with Crippen LogP contribution in [0.3, 0.4) is 0 Å². The monoisotopic (exact) mass is 246 g/mol. The zero-order chi connectivity index (χ0) is 13.3. The van der Waals surface area contributed by atoms with E-state index >= 15 is 0 Å². The molecule has 4 heteroatoms. The predicted octanol–water partition coefficient (Wildman–Crippen LogP) is 2.71. The summed E-state index contributed by atoms with van der Waals surface area (Å²) in [6.07, 6.45) is 1.66. The zero-order valence-electron chi connectivity index (χ0n) is 10.6. The summed E-state index contributed by atoms with van der Waals surface area (Å²) in [6, 6.07) is 6.10. The molecule has 0 unspecified atom stereocenters. The Bertz CT molecular complexity index is 615. The zero-order valence-corrected chi connectivity index (χ0v) is 10.6. The molecule has 18 heavy (non-hydrogen) atoms. The van der Waals surface area contributed by atoms with Crippen molar-refractivity contribution in [1.82, 2.24) is 9.78 Å². The second kappa shape index (κ2) is 4.72. The summed E-state index contributed by atoms with van der Waals surface area (Å²) < 4.78 is 14.2. The second-order valence-electron chi connectivity index (χ2n) is 4.56. The highest BCUT2D eigenvalue weighted by molar-refractivity contribution is 5.66. The molecule has 0 bridgehead atoms. The van der Waals surface area contributed by atoms with Gasteiger partial charge in [-0.1, -0.05) is 26.0 Å². The number of rotatable bonds is 2. The van der Waals surface area contributed by atoms with Gasteiger partial charge in [0, 0.05) is 18.2 Å². The van der Waals surface area contributed by atoms with Gasteiger partial charge in [-0.15, -0.1) is 0 Å². The average molecular weight is 246 g/mol. The summed E-state index contributed by atoms with van der Waals surface area (Å²) in [4.78, 5) is 12.1. The van der Waals surface area contributed by atoms with Gasteiger partial charge in [0.15, 0.2) is 0 Å². The topological polar surface area (TPSA) is 34.9 Å². The van der Waals surface area contributed by atoms with E-state index in [-0.39, 0.29) is 17.3 Å². The summed E-state index contributed by atoms with van der Waals surface area (Å²) >= 11 is 0. The first kappa shape index (κ1) is 12.5. The lowest BCUT2D eigenvalue weighted by Gasteiger charge is -2.12. The fraction of sp³-hybridized carbons (Fsp3) is 0.286. The molecule has 0 atom stereocenters. The standard InChI is InChI=1S/C14H15FN2O/c1-9(2)13-12(8-16-17(3)14(13)18)10-4-6-11(15)7-5-10/h4-9H,1-3H3. The maximum absolute atomic E-state index is 12.9. The highest BCUT2D eigenvalue weighted by atomic mass is 19.1. The Labute approximate surface area is 105 Å². The predicted molar refractivity (Wildman–Crippen MR) is 69.0 cm³/mol. The molecule has 0 saturated heterocycles. The van der Waals surface area contributed by atoms with Crippen LogP contribution < -0.4 is 5.56 Å². The largest absolute Gasteiger partial charge is 0.270 e. The maximum atomic E-state index is 12.9. The van der Waals surface area contributed by atoms with E-state index in [0.717, 1.165) is 11.1 Å². The first-order chi connectivity index (χ1) is 8.50. The summed E-state index contributed by atoms with van der Waals surface area (Å²) in [5.41, 5.74) is 2.18. The molecule has 0 fully saturated rings. The Morgan fingerprint density at radius 2 is 1.83 bits per heavy atom. The van der Waals surface area contributed by atoms with Crippen molar-refractivity contribution in [3.8, 4) is 11.1 Å². The fourth-order valence-electron chi connectivity index (χ4n) is 1.97. The molecule has 1 aromatic heterocycles. The van der Waals surface area contributed by atoms with E-state index in [4.69, 9.17) is 0 Å². The van der Waals surface area contributed by atoms with Gasteiger partial charge in [0.25, 0.3) is 5.56 Å². The number of aryl methyl sites for hydroxylation is 1. The van der Waals surface area contributed by atoms with Gasteiger partial charge in [0.05, 0.1) is 6.20 Å². The third-order valence-corrected chi connectivity index (χ3v) is 2.91. The van der Waals surface area contributed by atoms with Crippen LogP contribution in [0.2, 0.25) is 0 Å². The van der Waals surface area contributed by atoms with Crippen LogP contribution in [0.4, 0.5) is 4.39 Å². The van der Waals surface area contributed by atoms with Crippen LogP contribution in [0.5, 0.6) is 0 Å². The molecule has 0 amide bonds. The normalized spacial score (nSPS) is 10.9. The van der Waals surface area contributed by atoms with E-state index < -0.39 is 0 Å². The summed E-state index contributed by atoms with van der Waals surface area (Å²) in [5.74, 6) is -0.201. The maximum Gasteiger partial charge on any atom is 0.270 e. The van der Waals surface area contributed by atoms with Crippen molar-refractivity contribution in [2.24, 2.45) is 7.05 Å². The van der Waals surface area contributed by atoms with Crippen molar-refractivity contribution in [2.45, 2.75) is 19.8 Å². The first-order valence-corrected chi connectivity index (χ1v) is 5.83. The average Bonchev–Trinajstić information content (AvgIpc) is 2.33. The molecule has 0 aliphatic heterocycles. The van der Waals surface area contributed by atoms with Crippen LogP contribution in [0, 0.1) is 5.82 Å². The molecule has 0 aliphatic carbocycles. The lowest BCUT2D eigenvalue weighted by molar-refractivity contribution is 0.628. The van der Waals surface area contributed by atoms with E-state index in [2.05, 4.69) is 5.10 Å². The van der Waals surface area contributed by atoms with Crippen molar-refractivity contribution in [3.05, 3.63) is 52.2 Å². The van der Waals surface area contributed by atoms with Crippen LogP contribution >= 0.6 is 0 Å². The molecule has 2 aromatic rings. The Morgan fingerprint density at radius 1 is 1.22 bits per heavy atom. The molecule has 0 N–H and O–H groups in total. The number of halogens is 1. The Morgan fingerprint density at radius 3 is 2.39 bits per heavy atom. The quantitative estimate of drug-likeness (QED) is 0.816. The lowest BCUT2D eigenvalue weighted by atomic mass is 9.95. The number of nitrogens with zero attached hydrogens (tertiary/aromatic N) is 2. The Hall–Kier alpha value is -1.97. The lowest BCUT2D eigenvalue weighted by Crippen LogP contribution is -2.24. The van der Waals surface area contributed by atoms with Gasteiger partial charge >= 0.3 is 0 Å². The third kappa shape index (κ3) is 2.18. The van der Waals surface area contributed by atoms with Crippen molar-refractivity contribution >= 4 is 0 Å². The van der Waals surface area contributed by atoms with E-state index in [1.54, 1.807) is 25.4 Å². The summed E-state index contributed by atoms with van der Waals surface area (Å²) in [7, 11) is 1.63. The first-order valence-electron chi connectivity index (χ1n) is 5.83. The van der Waals surface area contributed by atoms with Crippen LogP contribution in [0.1, 0.15) is 25.3 Å². The van der Waals surface area contributed by atoms with E-state index in [9.17, 15) is 9.18 Å². The molecular formula is C14H15FN2O. The molecular weight excluding hydrogens is 231 g/mol. The minimum absolute atomic E-state index is 0.0896. The smallest absolute Gasteiger partial charge is 0.267 e. The number of benzene rings is 1. The van der Waals surface area contributed by atoms with Crippen LogP contribution in [0.15, 0.2) is 35.3 Å². The van der Waals surface area contributed by atoms with Gasteiger partial charge in [-0.05, 0) is 23.6 Å². The fourth-order valence-corrected chi connectivity index (χ4v) is 1.97. The van der Waals surface area contributed by atoms with Gasteiger partial charge in [-0.3, -0.25) is 4.79 Å². The van der Waals surface area contributed by atoms with Gasteiger partial charge in [0.2, 0.25) is 0 Å². The number of hydrogen-bond donors (Lipinski definition) is 0. The van der Waals surface area contributed by atoms with E-state index in [0.29, 0.717) is 5.56 Å². The third-order valence-electron chi connectivity index (χ3n) is 2.91. The Kier molecular flexibility index (Phi) is 3.28. The van der Waals surface area contributed by atoms with Crippen molar-refractivity contribution < 1.29 is 4.39 Å². The van der Waals surface area contributed by atoms with Gasteiger partial charge in [-0.25, -0.2) is 9.07 Å². The van der Waals surface area contributed by atoms with Gasteiger partial charge < -0.3 is 0 Å². The number of hydrogen-bond acceptors (Lipinski definition) is 2. The van der Waals surface area contributed by atoms with Crippen molar-refractivity contribution in [1.29, 1.82) is 0 Å². The summed E-state index contributed by atoms with van der Waals surface area (Å²) in [6.45, 7) is 3.92. The van der Waals surface area contributed by atoms with Gasteiger partial charge in [-0.2, -0.15) is 5.10 Å². The molecule has 0 aliphatic rings. The van der Waals surface area contributed by atoms with Crippen molar-refractivity contribution in [2.75, 3.05) is 0 Å². The van der Waals surface area contributed by atoms with E-state index in [1.807, 2.05) is 13.8 Å². The molecule has 3 nitrogen and oxygen atoms in total. The SMILES string of the molecule is CC(C)c1c(-c2ccc(F)cc2)cnn(C)c1=O. The molecule has 0 radical (unpaired) electrons. The minimum Gasteiger partial charge on any atom is -0.267 e.